The van der Waals surface area contributed by atoms with Crippen molar-refractivity contribution in [2.75, 3.05) is 0 Å². The Balaban J connectivity index is 1.53. The van der Waals surface area contributed by atoms with Gasteiger partial charge in [0.25, 0.3) is 5.91 Å². The molecule has 0 fully saturated rings. The molecule has 1 N–H and O–H groups in total. The molecular formula is C19H15N3O4. The summed E-state index contributed by atoms with van der Waals surface area (Å²) in [5.74, 6) is 0.187. The van der Waals surface area contributed by atoms with Crippen LogP contribution >= 0.6 is 0 Å². The number of para-hydroxylation sites is 1. The van der Waals surface area contributed by atoms with E-state index < -0.39 is 5.91 Å². The molecule has 0 bridgehead atoms. The van der Waals surface area contributed by atoms with Crippen molar-refractivity contribution in [3.05, 3.63) is 76.5 Å². The lowest BCUT2D eigenvalue weighted by Crippen LogP contribution is -2.24. The Morgan fingerprint density at radius 1 is 1.19 bits per heavy atom. The molecule has 7 heteroatoms. The summed E-state index contributed by atoms with van der Waals surface area (Å²) in [7, 11) is 1.80. The number of carbonyl (C=O) groups excluding carboxylic acids is 1. The number of fused-ring (bicyclic) bond motifs is 1. The molecule has 0 radical (unpaired) electrons. The van der Waals surface area contributed by atoms with E-state index in [4.69, 9.17) is 8.83 Å². The summed E-state index contributed by atoms with van der Waals surface area (Å²) in [6.45, 7) is 0.198. The van der Waals surface area contributed by atoms with Crippen LogP contribution in [0.15, 0.2) is 68.4 Å². The van der Waals surface area contributed by atoms with Crippen molar-refractivity contribution in [1.29, 1.82) is 0 Å². The number of hydrogen-bond donors (Lipinski definition) is 1. The first kappa shape index (κ1) is 15.9. The van der Waals surface area contributed by atoms with Crippen LogP contribution in [0.4, 0.5) is 0 Å². The molecule has 26 heavy (non-hydrogen) atoms. The summed E-state index contributed by atoms with van der Waals surface area (Å²) in [6.07, 6.45) is 1.59. The maximum atomic E-state index is 12.3. The number of rotatable bonds is 4. The highest BCUT2D eigenvalue weighted by Crippen LogP contribution is 2.20. The molecule has 0 aliphatic rings. The van der Waals surface area contributed by atoms with Gasteiger partial charge in [-0.05, 0) is 30.3 Å². The van der Waals surface area contributed by atoms with E-state index in [0.29, 0.717) is 22.4 Å². The Morgan fingerprint density at radius 2 is 2.04 bits per heavy atom. The highest BCUT2D eigenvalue weighted by molar-refractivity contribution is 5.93. The summed E-state index contributed by atoms with van der Waals surface area (Å²) >= 11 is 0. The zero-order chi connectivity index (χ0) is 18.1. The van der Waals surface area contributed by atoms with E-state index in [1.165, 1.54) is 6.07 Å². The lowest BCUT2D eigenvalue weighted by molar-refractivity contribution is 0.0923. The van der Waals surface area contributed by atoms with Crippen molar-refractivity contribution < 1.29 is 13.6 Å². The summed E-state index contributed by atoms with van der Waals surface area (Å²) in [4.78, 5) is 24.4. The maximum Gasteiger partial charge on any atom is 0.287 e. The van der Waals surface area contributed by atoms with Gasteiger partial charge in [-0.25, -0.2) is 0 Å². The highest BCUT2D eigenvalue weighted by atomic mass is 16.3. The number of carbonyl (C=O) groups is 1. The first-order valence-electron chi connectivity index (χ1n) is 8.00. The van der Waals surface area contributed by atoms with E-state index in [1.807, 2.05) is 12.1 Å². The third-order valence-corrected chi connectivity index (χ3v) is 3.99. The number of aryl methyl sites for hydroxylation is 1. The van der Waals surface area contributed by atoms with Gasteiger partial charge in [0.05, 0.1) is 23.9 Å². The standard InChI is InChI=1S/C19H15N3O4/c1-22-14(17-7-4-8-25-17)9-12(21-22)11-20-19(24)18-10-15(23)13-5-2-3-6-16(13)26-18/h2-10H,11H2,1H3,(H,20,24). The normalized spacial score (nSPS) is 11.0. The van der Waals surface area contributed by atoms with E-state index in [0.717, 1.165) is 5.69 Å². The second kappa shape index (κ2) is 6.36. The van der Waals surface area contributed by atoms with Gasteiger partial charge >= 0.3 is 0 Å². The molecule has 0 atom stereocenters. The number of aromatic nitrogens is 2. The van der Waals surface area contributed by atoms with Crippen molar-refractivity contribution in [1.82, 2.24) is 15.1 Å². The molecular weight excluding hydrogens is 334 g/mol. The van der Waals surface area contributed by atoms with Gasteiger partial charge in [0, 0.05) is 13.1 Å². The molecule has 0 unspecified atom stereocenters. The zero-order valence-corrected chi connectivity index (χ0v) is 13.9. The number of nitrogens with zero attached hydrogens (tertiary/aromatic N) is 2. The lowest BCUT2D eigenvalue weighted by atomic mass is 10.2. The van der Waals surface area contributed by atoms with E-state index in [9.17, 15) is 9.59 Å². The predicted octanol–water partition coefficient (Wildman–Crippen LogP) is 2.72. The minimum Gasteiger partial charge on any atom is -0.463 e. The molecule has 0 saturated carbocycles. The molecule has 130 valence electrons. The molecule has 0 saturated heterocycles. The molecule has 1 aromatic carbocycles. The van der Waals surface area contributed by atoms with Crippen molar-refractivity contribution >= 4 is 16.9 Å². The number of furan rings is 1. The van der Waals surface area contributed by atoms with Gasteiger partial charge in [0.2, 0.25) is 0 Å². The van der Waals surface area contributed by atoms with Gasteiger partial charge in [-0.15, -0.1) is 0 Å². The second-order valence-electron chi connectivity index (χ2n) is 5.78. The average Bonchev–Trinajstić information content (AvgIpc) is 3.29. The molecule has 3 heterocycles. The Morgan fingerprint density at radius 3 is 2.85 bits per heavy atom. The van der Waals surface area contributed by atoms with Gasteiger partial charge < -0.3 is 14.2 Å². The van der Waals surface area contributed by atoms with Crippen molar-refractivity contribution in [2.45, 2.75) is 6.54 Å². The minimum absolute atomic E-state index is 0.0316. The maximum absolute atomic E-state index is 12.3. The highest BCUT2D eigenvalue weighted by Gasteiger charge is 2.14. The SMILES string of the molecule is Cn1nc(CNC(=O)c2cc(=O)c3ccccc3o2)cc1-c1ccco1. The fraction of sp³-hybridized carbons (Fsp3) is 0.105. The summed E-state index contributed by atoms with van der Waals surface area (Å²) in [5, 5.41) is 7.51. The Bertz CT molecular complexity index is 1140. The van der Waals surface area contributed by atoms with Crippen LogP contribution in [-0.4, -0.2) is 15.7 Å². The average molecular weight is 349 g/mol. The molecule has 0 aliphatic heterocycles. The second-order valence-corrected chi connectivity index (χ2v) is 5.78. The number of benzene rings is 1. The lowest BCUT2D eigenvalue weighted by Gasteiger charge is -2.03. The fourth-order valence-corrected chi connectivity index (χ4v) is 2.74. The molecule has 0 aliphatic carbocycles. The van der Waals surface area contributed by atoms with Crippen LogP contribution < -0.4 is 10.7 Å². The van der Waals surface area contributed by atoms with Crippen LogP contribution in [0.5, 0.6) is 0 Å². The van der Waals surface area contributed by atoms with E-state index in [2.05, 4.69) is 10.4 Å². The molecule has 0 spiro atoms. The van der Waals surface area contributed by atoms with Crippen LogP contribution in [0.2, 0.25) is 0 Å². The molecule has 1 amide bonds. The van der Waals surface area contributed by atoms with E-state index in [-0.39, 0.29) is 17.7 Å². The third kappa shape index (κ3) is 2.90. The topological polar surface area (TPSA) is 90.3 Å². The van der Waals surface area contributed by atoms with Gasteiger partial charge in [-0.1, -0.05) is 12.1 Å². The summed E-state index contributed by atoms with van der Waals surface area (Å²) in [5.41, 5.74) is 1.59. The molecule has 4 rings (SSSR count). The van der Waals surface area contributed by atoms with Crippen LogP contribution in [0.1, 0.15) is 16.2 Å². The van der Waals surface area contributed by atoms with Crippen molar-refractivity contribution in [3.63, 3.8) is 0 Å². The minimum atomic E-state index is -0.474. The molecule has 4 aromatic rings. The first-order chi connectivity index (χ1) is 12.6. The van der Waals surface area contributed by atoms with Gasteiger partial charge in [-0.2, -0.15) is 5.10 Å². The largest absolute Gasteiger partial charge is 0.463 e. The van der Waals surface area contributed by atoms with Crippen LogP contribution in [0.3, 0.4) is 0 Å². The van der Waals surface area contributed by atoms with E-state index in [1.54, 1.807) is 48.3 Å². The fourth-order valence-electron chi connectivity index (χ4n) is 2.74. The van der Waals surface area contributed by atoms with Gasteiger partial charge in [0.15, 0.2) is 16.9 Å². The molecule has 3 aromatic heterocycles. The first-order valence-corrected chi connectivity index (χ1v) is 8.00. The van der Waals surface area contributed by atoms with Crippen LogP contribution in [0, 0.1) is 0 Å². The monoisotopic (exact) mass is 349 g/mol. The van der Waals surface area contributed by atoms with Gasteiger partial charge in [-0.3, -0.25) is 14.3 Å². The number of amides is 1. The Labute approximate surface area is 147 Å². The van der Waals surface area contributed by atoms with E-state index >= 15 is 0 Å². The van der Waals surface area contributed by atoms with Crippen LogP contribution in [0.25, 0.3) is 22.4 Å². The van der Waals surface area contributed by atoms with Crippen LogP contribution in [-0.2, 0) is 13.6 Å². The Hall–Kier alpha value is -3.61. The smallest absolute Gasteiger partial charge is 0.287 e. The van der Waals surface area contributed by atoms with Crippen molar-refractivity contribution in [3.8, 4) is 11.5 Å². The van der Waals surface area contributed by atoms with Crippen molar-refractivity contribution in [2.24, 2.45) is 7.05 Å². The zero-order valence-electron chi connectivity index (χ0n) is 13.9. The number of nitrogens with one attached hydrogen (secondary N) is 1. The third-order valence-electron chi connectivity index (χ3n) is 3.99. The summed E-state index contributed by atoms with van der Waals surface area (Å²) < 4.78 is 12.6. The molecule has 7 nitrogen and oxygen atoms in total. The quantitative estimate of drug-likeness (QED) is 0.612. The Kier molecular flexibility index (Phi) is 3.89. The number of hydrogen-bond acceptors (Lipinski definition) is 5. The van der Waals surface area contributed by atoms with Gasteiger partial charge in [0.1, 0.15) is 11.3 Å². The predicted molar refractivity (Wildman–Crippen MR) is 94.6 cm³/mol. The summed E-state index contributed by atoms with van der Waals surface area (Å²) in [6, 6.07) is 13.5.